The predicted molar refractivity (Wildman–Crippen MR) is 58.3 cm³/mol. The fourth-order valence-electron chi connectivity index (χ4n) is 1.34. The molecule has 0 aromatic heterocycles. The molecule has 1 nitrogen and oxygen atoms in total. The Morgan fingerprint density at radius 3 is 2.62 bits per heavy atom. The van der Waals surface area contributed by atoms with Crippen LogP contribution in [-0.4, -0.2) is 0 Å². The zero-order valence-electron chi connectivity index (χ0n) is 7.74. The van der Waals surface area contributed by atoms with Gasteiger partial charge in [0.1, 0.15) is 0 Å². The summed E-state index contributed by atoms with van der Waals surface area (Å²) in [4.78, 5) is 0. The van der Waals surface area contributed by atoms with Crippen molar-refractivity contribution in [1.29, 1.82) is 0 Å². The molecule has 0 amide bonds. The van der Waals surface area contributed by atoms with Gasteiger partial charge in [0, 0.05) is 6.04 Å². The van der Waals surface area contributed by atoms with Crippen LogP contribution in [0.4, 0.5) is 0 Å². The molecule has 1 unspecified atom stereocenters. The lowest BCUT2D eigenvalue weighted by Gasteiger charge is -2.12. The van der Waals surface area contributed by atoms with Crippen molar-refractivity contribution in [2.45, 2.75) is 12.5 Å². The Balaban J connectivity index is 2.97. The summed E-state index contributed by atoms with van der Waals surface area (Å²) >= 11 is 0. The minimum atomic E-state index is 0.0340. The maximum absolute atomic E-state index is 5.96. The van der Waals surface area contributed by atoms with Crippen LogP contribution in [0.15, 0.2) is 43.5 Å². The largest absolute Gasteiger partial charge is 0.324 e. The fraction of sp³-hybridized carbons (Fsp3) is 0.167. The third-order valence-electron chi connectivity index (χ3n) is 2.04. The number of hydrogen-bond acceptors (Lipinski definition) is 1. The highest BCUT2D eigenvalue weighted by atomic mass is 14.6. The molecule has 0 heterocycles. The predicted octanol–water partition coefficient (Wildman–Crippen LogP) is 2.91. The molecule has 0 spiro atoms. The van der Waals surface area contributed by atoms with Crippen molar-refractivity contribution in [3.63, 3.8) is 0 Å². The second-order valence-corrected chi connectivity index (χ2v) is 2.96. The maximum atomic E-state index is 5.96. The van der Waals surface area contributed by atoms with Crippen LogP contribution in [0.1, 0.15) is 23.6 Å². The molecule has 0 aliphatic heterocycles. The quantitative estimate of drug-likeness (QED) is 0.696. The Bertz CT molecular complexity index is 302. The number of nitrogens with two attached hydrogens (primary N) is 1. The van der Waals surface area contributed by atoms with Crippen molar-refractivity contribution in [3.8, 4) is 0 Å². The molecule has 2 N–H and O–H groups in total. The van der Waals surface area contributed by atoms with Gasteiger partial charge in [-0.1, -0.05) is 43.0 Å². The van der Waals surface area contributed by atoms with Crippen LogP contribution in [0.5, 0.6) is 0 Å². The Labute approximate surface area is 79.6 Å². The summed E-state index contributed by atoms with van der Waals surface area (Å²) < 4.78 is 0. The maximum Gasteiger partial charge on any atom is 0.0335 e. The summed E-state index contributed by atoms with van der Waals surface area (Å²) in [5, 5.41) is 0. The first-order valence-corrected chi connectivity index (χ1v) is 4.37. The molecule has 1 heteroatoms. The van der Waals surface area contributed by atoms with Gasteiger partial charge in [-0.2, -0.15) is 0 Å². The van der Waals surface area contributed by atoms with Gasteiger partial charge in [0.15, 0.2) is 0 Å². The highest BCUT2D eigenvalue weighted by Gasteiger charge is 2.06. The minimum Gasteiger partial charge on any atom is -0.324 e. The molecular formula is C12H15N. The van der Waals surface area contributed by atoms with Crippen molar-refractivity contribution in [2.24, 2.45) is 5.73 Å². The van der Waals surface area contributed by atoms with E-state index in [0.717, 1.165) is 17.5 Å². The van der Waals surface area contributed by atoms with Crippen LogP contribution < -0.4 is 5.73 Å². The summed E-state index contributed by atoms with van der Waals surface area (Å²) in [5.74, 6) is 0. The van der Waals surface area contributed by atoms with Crippen LogP contribution in [0.3, 0.4) is 0 Å². The lowest BCUT2D eigenvalue weighted by molar-refractivity contribution is 0.740. The van der Waals surface area contributed by atoms with Gasteiger partial charge >= 0.3 is 0 Å². The summed E-state index contributed by atoms with van der Waals surface area (Å²) in [5.41, 5.74) is 8.21. The van der Waals surface area contributed by atoms with E-state index >= 15 is 0 Å². The van der Waals surface area contributed by atoms with E-state index in [1.165, 1.54) is 0 Å². The summed E-state index contributed by atoms with van der Waals surface area (Å²) in [6.07, 6.45) is 4.47. The highest BCUT2D eigenvalue weighted by Crippen LogP contribution is 2.19. The molecular weight excluding hydrogens is 158 g/mol. The minimum absolute atomic E-state index is 0.0340. The second kappa shape index (κ2) is 4.63. The molecule has 0 fully saturated rings. The van der Waals surface area contributed by atoms with E-state index in [1.54, 1.807) is 0 Å². The third kappa shape index (κ3) is 2.30. The molecule has 0 aliphatic carbocycles. The van der Waals surface area contributed by atoms with Crippen LogP contribution in [0.2, 0.25) is 0 Å². The third-order valence-corrected chi connectivity index (χ3v) is 2.04. The van der Waals surface area contributed by atoms with Crippen molar-refractivity contribution < 1.29 is 0 Å². The molecule has 13 heavy (non-hydrogen) atoms. The molecule has 0 saturated carbocycles. The number of hydrogen-bond donors (Lipinski definition) is 1. The first-order valence-electron chi connectivity index (χ1n) is 4.37. The van der Waals surface area contributed by atoms with Crippen LogP contribution in [0, 0.1) is 0 Å². The monoisotopic (exact) mass is 173 g/mol. The van der Waals surface area contributed by atoms with Gasteiger partial charge in [0.25, 0.3) is 0 Å². The average molecular weight is 173 g/mol. The highest BCUT2D eigenvalue weighted by molar-refractivity contribution is 5.52. The second-order valence-electron chi connectivity index (χ2n) is 2.96. The van der Waals surface area contributed by atoms with Crippen LogP contribution in [0.25, 0.3) is 6.08 Å². The molecule has 0 radical (unpaired) electrons. The van der Waals surface area contributed by atoms with Crippen molar-refractivity contribution in [2.75, 3.05) is 0 Å². The number of benzene rings is 1. The normalized spacial score (nSPS) is 12.1. The van der Waals surface area contributed by atoms with E-state index in [9.17, 15) is 0 Å². The van der Waals surface area contributed by atoms with Gasteiger partial charge in [-0.05, 0) is 17.5 Å². The molecule has 1 atom stereocenters. The van der Waals surface area contributed by atoms with Gasteiger partial charge < -0.3 is 5.73 Å². The van der Waals surface area contributed by atoms with E-state index in [1.807, 2.05) is 36.4 Å². The van der Waals surface area contributed by atoms with E-state index in [2.05, 4.69) is 13.2 Å². The fourth-order valence-corrected chi connectivity index (χ4v) is 1.34. The molecule has 68 valence electrons. The molecule has 1 aromatic rings. The Kier molecular flexibility index (Phi) is 3.47. The standard InChI is InChI=1S/C12H15N/c1-3-7-12(13)11-9-6-5-8-10(11)4-2/h3-6,8-9,12H,1-2,7,13H2. The summed E-state index contributed by atoms with van der Waals surface area (Å²) in [7, 11) is 0. The summed E-state index contributed by atoms with van der Waals surface area (Å²) in [6.45, 7) is 7.43. The average Bonchev–Trinajstić information content (AvgIpc) is 2.18. The lowest BCUT2D eigenvalue weighted by Crippen LogP contribution is -2.10. The van der Waals surface area contributed by atoms with Crippen molar-refractivity contribution in [1.82, 2.24) is 0 Å². The lowest BCUT2D eigenvalue weighted by atomic mass is 9.99. The van der Waals surface area contributed by atoms with E-state index in [0.29, 0.717) is 0 Å². The topological polar surface area (TPSA) is 26.0 Å². The smallest absolute Gasteiger partial charge is 0.0335 e. The van der Waals surface area contributed by atoms with Crippen molar-refractivity contribution in [3.05, 3.63) is 54.6 Å². The van der Waals surface area contributed by atoms with Gasteiger partial charge in [0.05, 0.1) is 0 Å². The van der Waals surface area contributed by atoms with E-state index in [4.69, 9.17) is 5.73 Å². The first kappa shape index (κ1) is 9.75. The molecule has 0 aliphatic rings. The van der Waals surface area contributed by atoms with Gasteiger partial charge in [-0.3, -0.25) is 0 Å². The van der Waals surface area contributed by atoms with Gasteiger partial charge in [-0.25, -0.2) is 0 Å². The zero-order chi connectivity index (χ0) is 9.68. The van der Waals surface area contributed by atoms with Gasteiger partial charge in [-0.15, -0.1) is 6.58 Å². The molecule has 1 rings (SSSR count). The first-order chi connectivity index (χ1) is 6.29. The zero-order valence-corrected chi connectivity index (χ0v) is 7.74. The van der Waals surface area contributed by atoms with Crippen LogP contribution >= 0.6 is 0 Å². The Hall–Kier alpha value is -1.34. The van der Waals surface area contributed by atoms with Crippen molar-refractivity contribution >= 4 is 6.08 Å². The SMILES string of the molecule is C=CCC(N)c1ccccc1C=C. The molecule has 0 bridgehead atoms. The molecule has 0 saturated heterocycles. The van der Waals surface area contributed by atoms with Crippen LogP contribution in [-0.2, 0) is 0 Å². The van der Waals surface area contributed by atoms with E-state index in [-0.39, 0.29) is 6.04 Å². The Morgan fingerprint density at radius 1 is 1.31 bits per heavy atom. The summed E-state index contributed by atoms with van der Waals surface area (Å²) in [6, 6.07) is 8.06. The van der Waals surface area contributed by atoms with E-state index < -0.39 is 0 Å². The molecule has 1 aromatic carbocycles. The van der Waals surface area contributed by atoms with Gasteiger partial charge in [0.2, 0.25) is 0 Å². The Morgan fingerprint density at radius 2 is 2.00 bits per heavy atom. The number of rotatable bonds is 4.